The largest absolute Gasteiger partial charge is 0.338 e. The van der Waals surface area contributed by atoms with Crippen molar-refractivity contribution in [1.82, 2.24) is 9.88 Å². The average molecular weight is 391 g/mol. The molecule has 5 heteroatoms. The molecule has 0 aliphatic carbocycles. The first-order valence-electron chi connectivity index (χ1n) is 9.55. The number of aryl methyl sites for hydroxylation is 1. The summed E-state index contributed by atoms with van der Waals surface area (Å²) in [5.41, 5.74) is 2.57. The van der Waals surface area contributed by atoms with Crippen molar-refractivity contribution < 1.29 is 9.59 Å². The maximum absolute atomic E-state index is 13.0. The lowest BCUT2D eigenvalue weighted by molar-refractivity contribution is 0.0653. The molecule has 0 N–H and O–H groups in total. The molecule has 1 aromatic heterocycles. The minimum absolute atomic E-state index is 0.00566. The topological polar surface area (TPSA) is 50.3 Å². The van der Waals surface area contributed by atoms with Gasteiger partial charge in [-0.25, -0.2) is 4.98 Å². The van der Waals surface area contributed by atoms with Gasteiger partial charge in [0.2, 0.25) is 0 Å². The Labute approximate surface area is 168 Å². The molecule has 1 amide bonds. The fourth-order valence-electron chi connectivity index (χ4n) is 3.63. The van der Waals surface area contributed by atoms with Crippen LogP contribution in [0.3, 0.4) is 0 Å². The molecule has 0 saturated carbocycles. The fourth-order valence-corrected chi connectivity index (χ4v) is 4.67. The zero-order valence-electron chi connectivity index (χ0n) is 15.8. The monoisotopic (exact) mass is 390 g/mol. The summed E-state index contributed by atoms with van der Waals surface area (Å²) in [7, 11) is 0. The molecule has 2 heterocycles. The van der Waals surface area contributed by atoms with Crippen LogP contribution >= 0.6 is 11.3 Å². The Bertz CT molecular complexity index is 974. The Hall–Kier alpha value is -2.79. The van der Waals surface area contributed by atoms with E-state index in [0.29, 0.717) is 30.8 Å². The first kappa shape index (κ1) is 18.6. The number of carbonyl (C=O) groups is 2. The third-order valence-electron chi connectivity index (χ3n) is 5.22. The number of carbonyl (C=O) groups excluding carboxylic acids is 2. The lowest BCUT2D eigenvalue weighted by Crippen LogP contribution is -2.40. The third kappa shape index (κ3) is 3.76. The van der Waals surface area contributed by atoms with Crippen molar-refractivity contribution >= 4 is 23.0 Å². The molecule has 0 atom stereocenters. The van der Waals surface area contributed by atoms with Crippen molar-refractivity contribution in [2.24, 2.45) is 5.92 Å². The number of hydrogen-bond donors (Lipinski definition) is 0. The van der Waals surface area contributed by atoms with E-state index < -0.39 is 0 Å². The van der Waals surface area contributed by atoms with Gasteiger partial charge in [-0.15, -0.1) is 11.3 Å². The summed E-state index contributed by atoms with van der Waals surface area (Å²) in [6.45, 7) is 3.11. The van der Waals surface area contributed by atoms with Crippen molar-refractivity contribution in [3.63, 3.8) is 0 Å². The Morgan fingerprint density at radius 1 is 0.964 bits per heavy atom. The minimum Gasteiger partial charge on any atom is -0.338 e. The van der Waals surface area contributed by atoms with Crippen LogP contribution in [0.5, 0.6) is 0 Å². The smallest absolute Gasteiger partial charge is 0.265 e. The zero-order chi connectivity index (χ0) is 19.5. The molecule has 1 aliphatic rings. The van der Waals surface area contributed by atoms with Crippen LogP contribution in [0.2, 0.25) is 0 Å². The van der Waals surface area contributed by atoms with Crippen LogP contribution in [0.1, 0.15) is 38.6 Å². The van der Waals surface area contributed by atoms with Crippen molar-refractivity contribution in [1.29, 1.82) is 0 Å². The number of Topliss-reactive ketones (excluding diaryl/α,β-unsaturated/α-hetero) is 1. The van der Waals surface area contributed by atoms with E-state index in [0.717, 1.165) is 21.8 Å². The second-order valence-corrected chi connectivity index (χ2v) is 8.10. The van der Waals surface area contributed by atoms with Crippen molar-refractivity contribution in [2.75, 3.05) is 13.1 Å². The van der Waals surface area contributed by atoms with E-state index in [4.69, 9.17) is 0 Å². The molecule has 0 bridgehead atoms. The quantitative estimate of drug-likeness (QED) is 0.598. The Balaban J connectivity index is 1.43. The highest BCUT2D eigenvalue weighted by Crippen LogP contribution is 2.30. The van der Waals surface area contributed by atoms with Gasteiger partial charge in [0.05, 0.1) is 5.69 Å². The molecule has 28 heavy (non-hydrogen) atoms. The van der Waals surface area contributed by atoms with Gasteiger partial charge in [-0.1, -0.05) is 60.7 Å². The molecule has 4 rings (SSSR count). The van der Waals surface area contributed by atoms with Crippen LogP contribution in [0.15, 0.2) is 60.7 Å². The second-order valence-electron chi connectivity index (χ2n) is 7.10. The van der Waals surface area contributed by atoms with Gasteiger partial charge in [-0.3, -0.25) is 9.59 Å². The molecule has 2 aromatic carbocycles. The van der Waals surface area contributed by atoms with Crippen LogP contribution in [-0.4, -0.2) is 34.7 Å². The normalized spacial score (nSPS) is 14.8. The number of rotatable bonds is 4. The van der Waals surface area contributed by atoms with Gasteiger partial charge in [0, 0.05) is 30.1 Å². The highest BCUT2D eigenvalue weighted by molar-refractivity contribution is 7.17. The molecular formula is C23H22N2O2S. The molecule has 0 unspecified atom stereocenters. The summed E-state index contributed by atoms with van der Waals surface area (Å²) in [5.74, 6) is 0.213. The summed E-state index contributed by atoms with van der Waals surface area (Å²) in [4.78, 5) is 32.8. The Morgan fingerprint density at radius 3 is 2.21 bits per heavy atom. The number of aromatic nitrogens is 1. The van der Waals surface area contributed by atoms with Gasteiger partial charge in [0.25, 0.3) is 5.91 Å². The number of nitrogens with zero attached hydrogens (tertiary/aromatic N) is 2. The predicted octanol–water partition coefficient (Wildman–Crippen LogP) is 4.85. The van der Waals surface area contributed by atoms with Gasteiger partial charge in [0.15, 0.2) is 5.78 Å². The van der Waals surface area contributed by atoms with Crippen molar-refractivity contribution in [3.05, 3.63) is 76.8 Å². The van der Waals surface area contributed by atoms with E-state index >= 15 is 0 Å². The van der Waals surface area contributed by atoms with Crippen LogP contribution in [0.25, 0.3) is 10.6 Å². The Kier molecular flexibility index (Phi) is 5.35. The highest BCUT2D eigenvalue weighted by Gasteiger charge is 2.30. The van der Waals surface area contributed by atoms with Crippen LogP contribution in [-0.2, 0) is 0 Å². The molecule has 3 aromatic rings. The van der Waals surface area contributed by atoms with Gasteiger partial charge in [-0.2, -0.15) is 0 Å². The van der Waals surface area contributed by atoms with Gasteiger partial charge in [0.1, 0.15) is 9.88 Å². The third-order valence-corrected chi connectivity index (χ3v) is 6.42. The summed E-state index contributed by atoms with van der Waals surface area (Å²) < 4.78 is 0. The van der Waals surface area contributed by atoms with E-state index in [9.17, 15) is 9.59 Å². The molecular weight excluding hydrogens is 368 g/mol. The van der Waals surface area contributed by atoms with Crippen molar-refractivity contribution in [3.8, 4) is 10.6 Å². The summed E-state index contributed by atoms with van der Waals surface area (Å²) in [6, 6.07) is 19.4. The van der Waals surface area contributed by atoms with Gasteiger partial charge in [-0.05, 0) is 19.8 Å². The molecule has 4 nitrogen and oxygen atoms in total. The number of piperidine rings is 1. The van der Waals surface area contributed by atoms with E-state index in [1.807, 2.05) is 72.5 Å². The molecule has 1 aliphatic heterocycles. The first-order valence-corrected chi connectivity index (χ1v) is 10.4. The minimum atomic E-state index is -0.00566. The Morgan fingerprint density at radius 2 is 1.57 bits per heavy atom. The number of hydrogen-bond acceptors (Lipinski definition) is 4. The zero-order valence-corrected chi connectivity index (χ0v) is 16.6. The van der Waals surface area contributed by atoms with Gasteiger partial charge >= 0.3 is 0 Å². The fraction of sp³-hybridized carbons (Fsp3) is 0.261. The molecule has 0 spiro atoms. The molecule has 1 fully saturated rings. The van der Waals surface area contributed by atoms with E-state index in [1.165, 1.54) is 11.3 Å². The number of likely N-dealkylation sites (tertiary alicyclic amines) is 1. The van der Waals surface area contributed by atoms with Gasteiger partial charge < -0.3 is 4.90 Å². The van der Waals surface area contributed by atoms with E-state index in [-0.39, 0.29) is 17.6 Å². The molecule has 142 valence electrons. The number of benzene rings is 2. The van der Waals surface area contributed by atoms with E-state index in [1.54, 1.807) is 0 Å². The van der Waals surface area contributed by atoms with Crippen LogP contribution < -0.4 is 0 Å². The first-order chi connectivity index (χ1) is 13.6. The van der Waals surface area contributed by atoms with E-state index in [2.05, 4.69) is 4.98 Å². The number of thiazole rings is 1. The average Bonchev–Trinajstić information content (AvgIpc) is 3.16. The summed E-state index contributed by atoms with van der Waals surface area (Å²) >= 11 is 1.45. The maximum Gasteiger partial charge on any atom is 0.265 e. The lowest BCUT2D eigenvalue weighted by atomic mass is 9.89. The second kappa shape index (κ2) is 8.07. The standard InChI is InChI=1S/C23H22N2O2S/c1-16-21(28-22(24-16)19-10-6-3-7-11-19)23(27)25-14-12-18(13-15-25)20(26)17-8-4-2-5-9-17/h2-11,18H,12-15H2,1H3. The number of ketones is 1. The number of amides is 1. The van der Waals surface area contributed by atoms with Crippen LogP contribution in [0.4, 0.5) is 0 Å². The molecule has 1 saturated heterocycles. The SMILES string of the molecule is Cc1nc(-c2ccccc2)sc1C(=O)N1CCC(C(=O)c2ccccc2)CC1. The maximum atomic E-state index is 13.0. The summed E-state index contributed by atoms with van der Waals surface area (Å²) in [5, 5.41) is 0.871. The highest BCUT2D eigenvalue weighted by atomic mass is 32.1. The molecule has 0 radical (unpaired) electrons. The van der Waals surface area contributed by atoms with Crippen LogP contribution in [0, 0.1) is 12.8 Å². The van der Waals surface area contributed by atoms with Crippen molar-refractivity contribution in [2.45, 2.75) is 19.8 Å². The summed E-state index contributed by atoms with van der Waals surface area (Å²) in [6.07, 6.45) is 1.42. The lowest BCUT2D eigenvalue weighted by Gasteiger charge is -2.31. The predicted molar refractivity (Wildman–Crippen MR) is 112 cm³/mol.